The lowest BCUT2D eigenvalue weighted by Gasteiger charge is -2.36. The molecule has 3 amide bonds. The zero-order chi connectivity index (χ0) is 38.2. The monoisotopic (exact) mass is 737 g/mol. The lowest BCUT2D eigenvalue weighted by Crippen LogP contribution is -2.48. The topological polar surface area (TPSA) is 176 Å². The van der Waals surface area contributed by atoms with Gasteiger partial charge in [-0.3, -0.25) is 9.59 Å². The normalized spacial score (nSPS) is 20.8. The zero-order valence-electron chi connectivity index (χ0n) is 31.7. The van der Waals surface area contributed by atoms with Gasteiger partial charge in [0.15, 0.2) is 0 Å². The second kappa shape index (κ2) is 17.2. The predicted octanol–water partition coefficient (Wildman–Crippen LogP) is 5.54. The molecule has 3 heterocycles. The number of nitrogens with zero attached hydrogens (tertiary/aromatic N) is 5. The Morgan fingerprint density at radius 1 is 0.907 bits per heavy atom. The summed E-state index contributed by atoms with van der Waals surface area (Å²) in [6.45, 7) is 11.8. The summed E-state index contributed by atoms with van der Waals surface area (Å²) in [4.78, 5) is 46.6. The summed E-state index contributed by atoms with van der Waals surface area (Å²) in [5, 5.41) is 23.0. The quantitative estimate of drug-likeness (QED) is 0.153. The minimum Gasteiger partial charge on any atom is -0.444 e. The van der Waals surface area contributed by atoms with E-state index in [2.05, 4.69) is 61.4 Å². The zero-order valence-corrected chi connectivity index (χ0v) is 31.7. The highest BCUT2D eigenvalue weighted by molar-refractivity contribution is 5.97. The molecule has 2 unspecified atom stereocenters. The maximum atomic E-state index is 13.8. The van der Waals surface area contributed by atoms with E-state index >= 15 is 0 Å². The molecule has 0 spiro atoms. The summed E-state index contributed by atoms with van der Waals surface area (Å²) in [5.74, 6) is 0.943. The van der Waals surface area contributed by atoms with E-state index in [1.165, 1.54) is 0 Å². The fourth-order valence-electron chi connectivity index (χ4n) is 7.06. The van der Waals surface area contributed by atoms with Gasteiger partial charge >= 0.3 is 6.09 Å². The number of pyridine rings is 1. The molecule has 286 valence electrons. The van der Waals surface area contributed by atoms with Crippen molar-refractivity contribution in [2.24, 2.45) is 11.8 Å². The SMILES string of the molecule is CC1CN(c2ccc(-c3ccc(C[C@H](NC(=O)C4CCC(CNC(=O)OC(C)(C)C)CC4)C(=O)Nc4ccc(-c5nn[nH]n5)cc4)cc3)cn2)CC(C)O1. The van der Waals surface area contributed by atoms with E-state index < -0.39 is 17.7 Å². The molecular formula is C40H51N9O5. The van der Waals surface area contributed by atoms with Gasteiger partial charge in [-0.1, -0.05) is 24.3 Å². The van der Waals surface area contributed by atoms with Crippen LogP contribution in [0.1, 0.15) is 65.9 Å². The number of carbonyl (C=O) groups is 3. The van der Waals surface area contributed by atoms with Crippen LogP contribution in [-0.4, -0.2) is 87.0 Å². The van der Waals surface area contributed by atoms with Crippen LogP contribution >= 0.6 is 0 Å². The highest BCUT2D eigenvalue weighted by atomic mass is 16.6. The summed E-state index contributed by atoms with van der Waals surface area (Å²) >= 11 is 0. The van der Waals surface area contributed by atoms with Crippen molar-refractivity contribution in [2.45, 2.75) is 90.6 Å². The van der Waals surface area contributed by atoms with Crippen LogP contribution in [0.25, 0.3) is 22.5 Å². The standard InChI is InChI=1S/C40H51N9O5/c1-25-23-49(24-26(2)53-25)35-19-16-32(22-41-35)29-10-6-27(7-11-29)20-34(38(51)43-33-17-14-30(15-18-33)36-45-47-48-46-36)44-37(50)31-12-8-28(9-13-31)21-42-39(52)54-40(3,4)5/h6-7,10-11,14-19,22,25-26,28,31,34H,8-9,12-13,20-21,23-24H2,1-5H3,(H,42,52)(H,43,51)(H,44,50)(H,45,46,47,48)/t25?,26?,28?,31?,34-/m0/s1. The molecule has 2 fully saturated rings. The third-order valence-electron chi connectivity index (χ3n) is 9.76. The van der Waals surface area contributed by atoms with Gasteiger partial charge in [-0.05, 0) is 119 Å². The van der Waals surface area contributed by atoms with E-state index in [4.69, 9.17) is 14.5 Å². The molecule has 2 aliphatic rings. The number of aromatic nitrogens is 5. The Morgan fingerprint density at radius 2 is 1.57 bits per heavy atom. The maximum Gasteiger partial charge on any atom is 0.407 e. The molecule has 1 aliphatic carbocycles. The smallest absolute Gasteiger partial charge is 0.407 e. The lowest BCUT2D eigenvalue weighted by atomic mass is 9.81. The van der Waals surface area contributed by atoms with Crippen LogP contribution in [0.4, 0.5) is 16.3 Å². The van der Waals surface area contributed by atoms with Crippen molar-refractivity contribution >= 4 is 29.4 Å². The van der Waals surface area contributed by atoms with Gasteiger partial charge in [-0.15, -0.1) is 10.2 Å². The second-order valence-corrected chi connectivity index (χ2v) is 15.4. The molecule has 54 heavy (non-hydrogen) atoms. The number of amides is 3. The predicted molar refractivity (Wildman–Crippen MR) is 205 cm³/mol. The van der Waals surface area contributed by atoms with Crippen LogP contribution in [0, 0.1) is 11.8 Å². The van der Waals surface area contributed by atoms with Crippen molar-refractivity contribution in [3.8, 4) is 22.5 Å². The molecule has 1 saturated carbocycles. The summed E-state index contributed by atoms with van der Waals surface area (Å²) in [7, 11) is 0. The van der Waals surface area contributed by atoms with E-state index in [1.54, 1.807) is 24.3 Å². The maximum absolute atomic E-state index is 13.8. The third-order valence-corrected chi connectivity index (χ3v) is 9.76. The minimum absolute atomic E-state index is 0.145. The molecule has 4 aromatic rings. The number of anilines is 2. The largest absolute Gasteiger partial charge is 0.444 e. The third kappa shape index (κ3) is 10.6. The van der Waals surface area contributed by atoms with Gasteiger partial charge in [0.25, 0.3) is 0 Å². The lowest BCUT2D eigenvalue weighted by molar-refractivity contribution is -0.130. The van der Waals surface area contributed by atoms with Gasteiger partial charge in [0.2, 0.25) is 17.6 Å². The number of hydrogen-bond donors (Lipinski definition) is 4. The number of rotatable bonds is 11. The molecule has 0 bridgehead atoms. The summed E-state index contributed by atoms with van der Waals surface area (Å²) in [6.07, 6.45) is 4.98. The highest BCUT2D eigenvalue weighted by Crippen LogP contribution is 2.29. The van der Waals surface area contributed by atoms with Crippen molar-refractivity contribution in [1.82, 2.24) is 36.2 Å². The van der Waals surface area contributed by atoms with Crippen molar-refractivity contribution in [3.05, 3.63) is 72.4 Å². The molecular weight excluding hydrogens is 686 g/mol. The fraction of sp³-hybridized carbons (Fsp3) is 0.475. The summed E-state index contributed by atoms with van der Waals surface area (Å²) in [5.41, 5.74) is 3.67. The number of aromatic amines is 1. The number of nitrogens with one attached hydrogen (secondary N) is 4. The van der Waals surface area contributed by atoms with Gasteiger partial charge < -0.3 is 30.3 Å². The molecule has 1 saturated heterocycles. The van der Waals surface area contributed by atoms with Gasteiger partial charge in [0.1, 0.15) is 17.5 Å². The molecule has 14 heteroatoms. The van der Waals surface area contributed by atoms with Crippen LogP contribution in [0.2, 0.25) is 0 Å². The Kier molecular flexibility index (Phi) is 12.2. The Balaban J connectivity index is 1.09. The van der Waals surface area contributed by atoms with E-state index in [-0.39, 0.29) is 35.9 Å². The van der Waals surface area contributed by atoms with Crippen molar-refractivity contribution in [2.75, 3.05) is 29.9 Å². The average molecular weight is 738 g/mol. The van der Waals surface area contributed by atoms with Gasteiger partial charge in [0, 0.05) is 55.0 Å². The molecule has 14 nitrogen and oxygen atoms in total. The first-order chi connectivity index (χ1) is 25.9. The van der Waals surface area contributed by atoms with E-state index in [1.807, 2.05) is 57.3 Å². The number of benzene rings is 2. The molecule has 1 aliphatic heterocycles. The van der Waals surface area contributed by atoms with E-state index in [9.17, 15) is 14.4 Å². The Hall–Kier alpha value is -5.37. The number of tetrazole rings is 1. The van der Waals surface area contributed by atoms with Gasteiger partial charge in [-0.25, -0.2) is 9.78 Å². The molecule has 2 aromatic heterocycles. The van der Waals surface area contributed by atoms with Crippen LogP contribution in [-0.2, 0) is 25.5 Å². The number of carbonyl (C=O) groups excluding carboxylic acids is 3. The summed E-state index contributed by atoms with van der Waals surface area (Å²) < 4.78 is 11.2. The minimum atomic E-state index is -0.814. The first-order valence-corrected chi connectivity index (χ1v) is 18.8. The number of H-pyrrole nitrogens is 1. The molecule has 2 aromatic carbocycles. The fourth-order valence-corrected chi connectivity index (χ4v) is 7.06. The number of alkyl carbamates (subject to hydrolysis) is 1. The second-order valence-electron chi connectivity index (χ2n) is 15.4. The highest BCUT2D eigenvalue weighted by Gasteiger charge is 2.30. The molecule has 6 rings (SSSR count). The van der Waals surface area contributed by atoms with Crippen LogP contribution in [0.3, 0.4) is 0 Å². The van der Waals surface area contributed by atoms with E-state index in [0.29, 0.717) is 37.3 Å². The first kappa shape index (κ1) is 38.4. The molecule has 0 radical (unpaired) electrons. The molecule has 3 atom stereocenters. The average Bonchev–Trinajstić information content (AvgIpc) is 3.69. The first-order valence-electron chi connectivity index (χ1n) is 18.8. The van der Waals surface area contributed by atoms with Crippen LogP contribution in [0.15, 0.2) is 66.9 Å². The van der Waals surface area contributed by atoms with Crippen molar-refractivity contribution in [3.63, 3.8) is 0 Å². The van der Waals surface area contributed by atoms with E-state index in [0.717, 1.165) is 54.0 Å². The van der Waals surface area contributed by atoms with Gasteiger partial charge in [-0.2, -0.15) is 5.21 Å². The Bertz CT molecular complexity index is 1830. The van der Waals surface area contributed by atoms with Crippen molar-refractivity contribution < 1.29 is 23.9 Å². The Labute approximate surface area is 316 Å². The number of hydrogen-bond acceptors (Lipinski definition) is 10. The number of ether oxygens (including phenoxy) is 2. The van der Waals surface area contributed by atoms with Crippen molar-refractivity contribution in [1.29, 1.82) is 0 Å². The molecule has 4 N–H and O–H groups in total. The van der Waals surface area contributed by atoms with Crippen LogP contribution in [0.5, 0.6) is 0 Å². The number of morpholine rings is 1. The van der Waals surface area contributed by atoms with Crippen LogP contribution < -0.4 is 20.9 Å². The Morgan fingerprint density at radius 3 is 2.19 bits per heavy atom. The summed E-state index contributed by atoms with van der Waals surface area (Å²) in [6, 6.07) is 18.5. The van der Waals surface area contributed by atoms with Gasteiger partial charge in [0.05, 0.1) is 12.2 Å².